The zero-order chi connectivity index (χ0) is 15.2. The summed E-state index contributed by atoms with van der Waals surface area (Å²) in [4.78, 5) is 26.4. The second-order valence-corrected chi connectivity index (χ2v) is 6.35. The van der Waals surface area contributed by atoms with Gasteiger partial charge in [-0.25, -0.2) is 9.59 Å². The van der Waals surface area contributed by atoms with Crippen molar-refractivity contribution in [3.63, 3.8) is 0 Å². The Morgan fingerprint density at radius 3 is 2.70 bits per heavy atom. The molecule has 1 heterocycles. The fourth-order valence-corrected chi connectivity index (χ4v) is 1.52. The van der Waals surface area contributed by atoms with E-state index in [-0.39, 0.29) is 22.9 Å². The van der Waals surface area contributed by atoms with Gasteiger partial charge < -0.3 is 15.7 Å². The molecule has 3 N–H and O–H groups in total. The molecular formula is C13H19N3O3S. The second-order valence-electron chi connectivity index (χ2n) is 4.84. The van der Waals surface area contributed by atoms with Crippen molar-refractivity contribution in [2.24, 2.45) is 0 Å². The average Bonchev–Trinajstić information content (AvgIpc) is 2.43. The Bertz CT molecular complexity index is 492. The maximum Gasteiger partial charge on any atom is 0.335 e. The minimum atomic E-state index is -1.01. The van der Waals surface area contributed by atoms with Crippen molar-refractivity contribution in [2.45, 2.75) is 25.1 Å². The third kappa shape index (κ3) is 5.48. The van der Waals surface area contributed by atoms with Crippen molar-refractivity contribution >= 4 is 23.8 Å². The number of aromatic nitrogens is 1. The number of carbonyl (C=O) groups excluding carboxylic acids is 1. The van der Waals surface area contributed by atoms with Crippen LogP contribution in [0.5, 0.6) is 0 Å². The molecule has 0 aliphatic rings. The van der Waals surface area contributed by atoms with Crippen LogP contribution in [-0.4, -0.2) is 39.6 Å². The van der Waals surface area contributed by atoms with Gasteiger partial charge in [0.1, 0.15) is 0 Å². The van der Waals surface area contributed by atoms with Crippen LogP contribution in [0.1, 0.15) is 29.9 Å². The van der Waals surface area contributed by atoms with Crippen molar-refractivity contribution in [1.82, 2.24) is 15.6 Å². The molecule has 1 aromatic rings. The zero-order valence-corrected chi connectivity index (χ0v) is 12.6. The largest absolute Gasteiger partial charge is 0.478 e. The molecule has 1 aromatic heterocycles. The lowest BCUT2D eigenvalue weighted by molar-refractivity contribution is 0.0696. The molecule has 1 rings (SSSR count). The summed E-state index contributed by atoms with van der Waals surface area (Å²) in [6.45, 7) is 4.81. The highest BCUT2D eigenvalue weighted by Gasteiger charge is 2.16. The van der Waals surface area contributed by atoms with Gasteiger partial charge in [-0.3, -0.25) is 4.98 Å². The number of hydrogen-bond donors (Lipinski definition) is 3. The van der Waals surface area contributed by atoms with Gasteiger partial charge in [0.25, 0.3) is 0 Å². The van der Waals surface area contributed by atoms with Gasteiger partial charge in [-0.05, 0) is 32.2 Å². The number of carbonyl (C=O) groups is 2. The second kappa shape index (κ2) is 7.14. The summed E-state index contributed by atoms with van der Waals surface area (Å²) >= 11 is 1.67. The summed E-state index contributed by atoms with van der Waals surface area (Å²) in [5, 5.41) is 14.3. The lowest BCUT2D eigenvalue weighted by Gasteiger charge is -2.22. The van der Waals surface area contributed by atoms with E-state index in [0.717, 1.165) is 0 Å². The fraction of sp³-hybridized carbons (Fsp3) is 0.462. The Morgan fingerprint density at radius 2 is 2.10 bits per heavy atom. The van der Waals surface area contributed by atoms with Gasteiger partial charge in [0, 0.05) is 17.5 Å². The molecule has 0 saturated heterocycles. The number of nitrogens with one attached hydrogen (secondary N) is 2. The molecule has 0 fully saturated rings. The highest BCUT2D eigenvalue weighted by molar-refractivity contribution is 7.99. The first-order valence-corrected chi connectivity index (χ1v) is 7.31. The summed E-state index contributed by atoms with van der Waals surface area (Å²) in [5.74, 6) is -1.01. The summed E-state index contributed by atoms with van der Waals surface area (Å²) in [7, 11) is 0. The predicted octanol–water partition coefficient (Wildman–Crippen LogP) is 1.72. The van der Waals surface area contributed by atoms with E-state index in [9.17, 15) is 9.59 Å². The molecule has 0 radical (unpaired) electrons. The molecule has 0 aliphatic heterocycles. The predicted molar refractivity (Wildman–Crippen MR) is 79.0 cm³/mol. The molecule has 0 atom stereocenters. The zero-order valence-electron chi connectivity index (χ0n) is 11.8. The quantitative estimate of drug-likeness (QED) is 0.743. The summed E-state index contributed by atoms with van der Waals surface area (Å²) in [5.41, 5.74) is 0.657. The summed E-state index contributed by atoms with van der Waals surface area (Å²) in [6, 6.07) is 2.55. The van der Waals surface area contributed by atoms with E-state index in [0.29, 0.717) is 12.2 Å². The Labute approximate surface area is 122 Å². The third-order valence-corrected chi connectivity index (χ3v) is 3.97. The van der Waals surface area contributed by atoms with Crippen molar-refractivity contribution < 1.29 is 14.7 Å². The highest BCUT2D eigenvalue weighted by atomic mass is 32.2. The van der Waals surface area contributed by atoms with Crippen molar-refractivity contribution in [3.05, 3.63) is 29.6 Å². The van der Waals surface area contributed by atoms with Crippen LogP contribution in [0.3, 0.4) is 0 Å². The minimum Gasteiger partial charge on any atom is -0.478 e. The molecule has 0 bridgehead atoms. The number of hydrogen-bond acceptors (Lipinski definition) is 4. The lowest BCUT2D eigenvalue weighted by Crippen LogP contribution is -2.41. The Hall–Kier alpha value is -1.76. The monoisotopic (exact) mass is 297 g/mol. The van der Waals surface area contributed by atoms with Gasteiger partial charge in [0.05, 0.1) is 17.8 Å². The smallest absolute Gasteiger partial charge is 0.335 e. The average molecular weight is 297 g/mol. The number of aromatic carboxylic acids is 1. The molecule has 110 valence electrons. The number of pyridine rings is 1. The number of nitrogens with zero attached hydrogens (tertiary/aromatic N) is 1. The molecule has 0 aromatic carbocycles. The summed E-state index contributed by atoms with van der Waals surface area (Å²) in [6.07, 6.45) is 3.40. The van der Waals surface area contributed by atoms with Crippen LogP contribution in [0, 0.1) is 0 Å². The van der Waals surface area contributed by atoms with E-state index in [4.69, 9.17) is 5.11 Å². The van der Waals surface area contributed by atoms with Crippen molar-refractivity contribution in [2.75, 3.05) is 12.8 Å². The molecular weight excluding hydrogens is 278 g/mol. The Kier molecular flexibility index (Phi) is 5.82. The first kappa shape index (κ1) is 16.3. The number of urea groups is 1. The van der Waals surface area contributed by atoms with Gasteiger partial charge in [-0.1, -0.05) is 0 Å². The van der Waals surface area contributed by atoms with Gasteiger partial charge >= 0.3 is 12.0 Å². The van der Waals surface area contributed by atoms with Crippen LogP contribution in [0.2, 0.25) is 0 Å². The van der Waals surface area contributed by atoms with Gasteiger partial charge in [-0.15, -0.1) is 0 Å². The molecule has 0 unspecified atom stereocenters. The molecule has 6 nitrogen and oxygen atoms in total. The number of thioether (sulfide) groups is 1. The van der Waals surface area contributed by atoms with E-state index in [1.54, 1.807) is 11.8 Å². The highest BCUT2D eigenvalue weighted by Crippen LogP contribution is 2.19. The maximum atomic E-state index is 11.6. The number of rotatable bonds is 6. The molecule has 0 aliphatic carbocycles. The van der Waals surface area contributed by atoms with E-state index in [1.165, 1.54) is 18.3 Å². The normalized spacial score (nSPS) is 10.9. The van der Waals surface area contributed by atoms with Crippen molar-refractivity contribution in [3.8, 4) is 0 Å². The molecule has 20 heavy (non-hydrogen) atoms. The Balaban J connectivity index is 2.45. The minimum absolute atomic E-state index is 0.0290. The van der Waals surface area contributed by atoms with Gasteiger partial charge in [0.15, 0.2) is 0 Å². The number of amides is 2. The molecule has 0 saturated carbocycles. The van der Waals surface area contributed by atoms with E-state index in [2.05, 4.69) is 15.6 Å². The van der Waals surface area contributed by atoms with E-state index in [1.807, 2.05) is 20.1 Å². The number of carboxylic acids is 1. The Morgan fingerprint density at radius 1 is 1.40 bits per heavy atom. The van der Waals surface area contributed by atoms with Crippen LogP contribution in [0.4, 0.5) is 4.79 Å². The van der Waals surface area contributed by atoms with Crippen LogP contribution >= 0.6 is 11.8 Å². The van der Waals surface area contributed by atoms with E-state index < -0.39 is 5.97 Å². The van der Waals surface area contributed by atoms with Gasteiger partial charge in [0.2, 0.25) is 0 Å². The topological polar surface area (TPSA) is 91.3 Å². The number of carboxylic acid groups (broad SMARTS) is 1. The SMILES string of the molecule is CSC(C)(C)CNC(=O)NCc1cc(C(=O)O)ccn1. The van der Waals surface area contributed by atoms with Crippen LogP contribution in [0.15, 0.2) is 18.3 Å². The lowest BCUT2D eigenvalue weighted by atomic mass is 10.2. The van der Waals surface area contributed by atoms with Gasteiger partial charge in [-0.2, -0.15) is 11.8 Å². The fourth-order valence-electron chi connectivity index (χ4n) is 1.31. The standard InChI is InChI=1S/C13H19N3O3S/c1-13(2,20-3)8-16-12(19)15-7-10-6-9(11(17)18)4-5-14-10/h4-6H,7-8H2,1-3H3,(H,17,18)(H2,15,16,19). The third-order valence-electron chi connectivity index (χ3n) is 2.72. The van der Waals surface area contributed by atoms with Crippen molar-refractivity contribution in [1.29, 1.82) is 0 Å². The van der Waals surface area contributed by atoms with Crippen LogP contribution in [-0.2, 0) is 6.54 Å². The molecule has 2 amide bonds. The maximum absolute atomic E-state index is 11.6. The molecule has 7 heteroatoms. The van der Waals surface area contributed by atoms with Crippen LogP contribution < -0.4 is 10.6 Å². The first-order chi connectivity index (χ1) is 9.34. The molecule has 0 spiro atoms. The summed E-state index contributed by atoms with van der Waals surface area (Å²) < 4.78 is -0.0290. The first-order valence-electron chi connectivity index (χ1n) is 6.09. The van der Waals surface area contributed by atoms with Crippen LogP contribution in [0.25, 0.3) is 0 Å². The van der Waals surface area contributed by atoms with E-state index >= 15 is 0 Å².